The Morgan fingerprint density at radius 1 is 1.03 bits per heavy atom. The number of rotatable bonds is 9. The first kappa shape index (κ1) is 25.3. The molecule has 4 rings (SSSR count). The van der Waals surface area contributed by atoms with Crippen LogP contribution in [0.5, 0.6) is 5.75 Å². The summed E-state index contributed by atoms with van der Waals surface area (Å²) in [5.74, 6) is 0.973. The lowest BCUT2D eigenvalue weighted by molar-refractivity contribution is -0.479. The van der Waals surface area contributed by atoms with Crippen LogP contribution in [0, 0.1) is 17.0 Å². The summed E-state index contributed by atoms with van der Waals surface area (Å²) < 4.78 is 7.69. The maximum Gasteiger partial charge on any atom is 0.220 e. The lowest BCUT2D eigenvalue weighted by atomic mass is 10.1. The number of hydrogen-bond donors (Lipinski definition) is 0. The minimum atomic E-state index is -0.614. The number of ether oxygens (including phenoxy) is 1. The molecule has 35 heavy (non-hydrogen) atoms. The molecule has 4 aromatic rings. The molecule has 0 amide bonds. The first-order valence-corrected chi connectivity index (χ1v) is 12.4. The molecule has 0 aliphatic carbocycles. The number of hydrogen-bond acceptors (Lipinski definition) is 6. The number of aryl methyl sites for hydroxylation is 1. The lowest BCUT2D eigenvalue weighted by Gasteiger charge is -2.17. The van der Waals surface area contributed by atoms with Crippen molar-refractivity contribution in [3.05, 3.63) is 109 Å². The number of benzene rings is 3. The third-order valence-electron chi connectivity index (χ3n) is 5.06. The summed E-state index contributed by atoms with van der Waals surface area (Å²) in [5.41, 5.74) is 2.34. The molecule has 1 heterocycles. The van der Waals surface area contributed by atoms with E-state index in [-0.39, 0.29) is 28.1 Å². The molecule has 1 aromatic heterocycles. The topological polar surface area (TPSA) is 83.1 Å². The molecular formula is C24H19Cl3N4O3S. The molecule has 0 bridgehead atoms. The Morgan fingerprint density at radius 3 is 2.31 bits per heavy atom. The highest BCUT2D eigenvalue weighted by molar-refractivity contribution is 7.99. The molecule has 0 spiro atoms. The van der Waals surface area contributed by atoms with E-state index in [0.29, 0.717) is 27.3 Å². The monoisotopic (exact) mass is 548 g/mol. The molecule has 11 heteroatoms. The van der Waals surface area contributed by atoms with E-state index >= 15 is 0 Å². The van der Waals surface area contributed by atoms with Crippen LogP contribution in [0.25, 0.3) is 5.69 Å². The molecule has 0 saturated heterocycles. The lowest BCUT2D eigenvalue weighted by Crippen LogP contribution is -2.11. The zero-order valence-electron chi connectivity index (χ0n) is 18.4. The van der Waals surface area contributed by atoms with Gasteiger partial charge in [0.05, 0.1) is 10.0 Å². The molecule has 7 nitrogen and oxygen atoms in total. The number of thioether (sulfide) groups is 1. The first-order chi connectivity index (χ1) is 16.8. The summed E-state index contributed by atoms with van der Waals surface area (Å²) in [6, 6.07) is 20.0. The predicted octanol–water partition coefficient (Wildman–Crippen LogP) is 7.23. The van der Waals surface area contributed by atoms with Gasteiger partial charge in [-0.1, -0.05) is 76.9 Å². The van der Waals surface area contributed by atoms with E-state index in [2.05, 4.69) is 10.2 Å². The van der Waals surface area contributed by atoms with Gasteiger partial charge in [0.25, 0.3) is 0 Å². The van der Waals surface area contributed by atoms with E-state index in [9.17, 15) is 10.1 Å². The normalized spacial score (nSPS) is 11.9. The fourth-order valence-electron chi connectivity index (χ4n) is 3.41. The van der Waals surface area contributed by atoms with Gasteiger partial charge in [0.1, 0.15) is 17.7 Å². The van der Waals surface area contributed by atoms with Crippen LogP contribution in [0.2, 0.25) is 15.1 Å². The molecule has 0 radical (unpaired) electrons. The summed E-state index contributed by atoms with van der Waals surface area (Å²) in [6.07, 6.45) is 0. The summed E-state index contributed by atoms with van der Waals surface area (Å²) in [4.78, 5) is 11.1. The van der Waals surface area contributed by atoms with Gasteiger partial charge in [0.15, 0.2) is 10.9 Å². The second kappa shape index (κ2) is 11.3. The quantitative estimate of drug-likeness (QED) is 0.124. The fourth-order valence-corrected chi connectivity index (χ4v) is 5.30. The molecule has 180 valence electrons. The minimum absolute atomic E-state index is 0.239. The number of aromatic nitrogens is 3. The van der Waals surface area contributed by atoms with E-state index in [0.717, 1.165) is 11.3 Å². The van der Waals surface area contributed by atoms with Gasteiger partial charge >= 0.3 is 0 Å². The molecule has 0 unspecified atom stereocenters. The predicted molar refractivity (Wildman–Crippen MR) is 139 cm³/mol. The van der Waals surface area contributed by atoms with E-state index in [1.165, 1.54) is 11.8 Å². The Labute approximate surface area is 221 Å². The Kier molecular flexibility index (Phi) is 8.18. The maximum atomic E-state index is 11.5. The number of para-hydroxylation sites is 1. The third-order valence-corrected chi connectivity index (χ3v) is 7.06. The van der Waals surface area contributed by atoms with Crippen molar-refractivity contribution in [1.29, 1.82) is 0 Å². The van der Waals surface area contributed by atoms with Crippen LogP contribution in [0.4, 0.5) is 0 Å². The van der Waals surface area contributed by atoms with Gasteiger partial charge in [0, 0.05) is 15.6 Å². The van der Waals surface area contributed by atoms with E-state index in [4.69, 9.17) is 39.5 Å². The fraction of sp³-hybridized carbons (Fsp3) is 0.167. The van der Waals surface area contributed by atoms with Gasteiger partial charge in [-0.3, -0.25) is 14.7 Å². The Morgan fingerprint density at radius 2 is 1.69 bits per heavy atom. The van der Waals surface area contributed by atoms with Gasteiger partial charge < -0.3 is 4.74 Å². The molecule has 0 aliphatic rings. The van der Waals surface area contributed by atoms with Crippen molar-refractivity contribution in [3.8, 4) is 11.4 Å². The summed E-state index contributed by atoms with van der Waals surface area (Å²) in [5, 5.41) is 21.0. The zero-order valence-corrected chi connectivity index (χ0v) is 21.5. The van der Waals surface area contributed by atoms with Crippen molar-refractivity contribution < 1.29 is 9.66 Å². The van der Waals surface area contributed by atoms with Crippen molar-refractivity contribution in [2.24, 2.45) is 0 Å². The van der Waals surface area contributed by atoms with Crippen molar-refractivity contribution in [3.63, 3.8) is 0 Å². The van der Waals surface area contributed by atoms with Crippen molar-refractivity contribution >= 4 is 46.6 Å². The largest absolute Gasteiger partial charge is 0.486 e. The summed E-state index contributed by atoms with van der Waals surface area (Å²) in [7, 11) is 0. The Hall–Kier alpha value is -2.78. The molecular weight excluding hydrogens is 531 g/mol. The number of halogens is 3. The highest BCUT2D eigenvalue weighted by Crippen LogP contribution is 2.42. The molecule has 0 fully saturated rings. The van der Waals surface area contributed by atoms with Crippen LogP contribution in [-0.2, 0) is 6.61 Å². The Balaban J connectivity index is 1.61. The second-order valence-electron chi connectivity index (χ2n) is 7.55. The van der Waals surface area contributed by atoms with Crippen LogP contribution in [-0.4, -0.2) is 26.2 Å². The summed E-state index contributed by atoms with van der Waals surface area (Å²) in [6.45, 7) is 1.71. The number of nitrogens with zero attached hydrogens (tertiary/aromatic N) is 4. The van der Waals surface area contributed by atoms with Crippen molar-refractivity contribution in [1.82, 2.24) is 14.8 Å². The van der Waals surface area contributed by atoms with Crippen LogP contribution < -0.4 is 4.74 Å². The number of nitro groups is 1. The van der Waals surface area contributed by atoms with Gasteiger partial charge in [-0.15, -0.1) is 10.2 Å². The SMILES string of the molecule is Cc1nnc(S[C@H](C[N+](=O)[O-])c2cc(Cl)c(OCc3ccc(Cl)cc3)c(Cl)c2)n1-c1ccccc1. The summed E-state index contributed by atoms with van der Waals surface area (Å²) >= 11 is 20.1. The van der Waals surface area contributed by atoms with E-state index in [1.54, 1.807) is 24.3 Å². The van der Waals surface area contributed by atoms with Crippen LogP contribution in [0.15, 0.2) is 71.9 Å². The van der Waals surface area contributed by atoms with E-state index < -0.39 is 5.25 Å². The zero-order chi connectivity index (χ0) is 24.9. The Bertz CT molecular complexity index is 1310. The van der Waals surface area contributed by atoms with Gasteiger partial charge in [-0.2, -0.15) is 0 Å². The van der Waals surface area contributed by atoms with E-state index in [1.807, 2.05) is 54.0 Å². The molecule has 0 saturated carbocycles. The maximum absolute atomic E-state index is 11.5. The third kappa shape index (κ3) is 6.27. The molecule has 3 aromatic carbocycles. The standard InChI is InChI=1S/C24H19Cl3N4O3S/c1-15-28-29-24(31(15)19-5-3-2-4-6-19)35-22(13-30(32)33)17-11-20(26)23(21(27)12-17)34-14-16-7-9-18(25)10-8-16/h2-12,22H,13-14H2,1H3/t22-/m1/s1. The molecule has 1 atom stereocenters. The average Bonchev–Trinajstić information content (AvgIpc) is 3.19. The first-order valence-electron chi connectivity index (χ1n) is 10.4. The van der Waals surface area contributed by atoms with Gasteiger partial charge in [-0.25, -0.2) is 0 Å². The van der Waals surface area contributed by atoms with Crippen molar-refractivity contribution in [2.75, 3.05) is 6.54 Å². The average molecular weight is 550 g/mol. The van der Waals surface area contributed by atoms with Crippen molar-refractivity contribution in [2.45, 2.75) is 23.9 Å². The van der Waals surface area contributed by atoms with Crippen LogP contribution >= 0.6 is 46.6 Å². The highest BCUT2D eigenvalue weighted by Gasteiger charge is 2.25. The van der Waals surface area contributed by atoms with Gasteiger partial charge in [-0.05, 0) is 54.4 Å². The second-order valence-corrected chi connectivity index (χ2v) is 9.97. The molecule has 0 N–H and O–H groups in total. The highest BCUT2D eigenvalue weighted by atomic mass is 35.5. The van der Waals surface area contributed by atoms with Crippen LogP contribution in [0.1, 0.15) is 22.2 Å². The minimum Gasteiger partial charge on any atom is -0.486 e. The van der Waals surface area contributed by atoms with Crippen LogP contribution in [0.3, 0.4) is 0 Å². The van der Waals surface area contributed by atoms with Gasteiger partial charge in [0.2, 0.25) is 6.54 Å². The smallest absolute Gasteiger partial charge is 0.220 e. The molecule has 0 aliphatic heterocycles.